The first kappa shape index (κ1) is 13.6. The summed E-state index contributed by atoms with van der Waals surface area (Å²) in [7, 11) is -2.74. The molecule has 0 saturated heterocycles. The van der Waals surface area contributed by atoms with Gasteiger partial charge in [0, 0.05) is 11.2 Å². The van der Waals surface area contributed by atoms with Gasteiger partial charge < -0.3 is 0 Å². The van der Waals surface area contributed by atoms with Crippen LogP contribution >= 0.6 is 0 Å². The van der Waals surface area contributed by atoms with E-state index in [1.807, 2.05) is 25.1 Å². The zero-order valence-electron chi connectivity index (χ0n) is 9.77. The normalized spacial score (nSPS) is 14.6. The molecule has 0 aliphatic rings. The van der Waals surface area contributed by atoms with Crippen molar-refractivity contribution in [3.63, 3.8) is 0 Å². The predicted molar refractivity (Wildman–Crippen MR) is 70.4 cm³/mol. The smallest absolute Gasteiger partial charge is 0.173 e. The molecule has 0 bridgehead atoms. The minimum atomic E-state index is -2.74. The molecule has 0 radical (unpaired) electrons. The van der Waals surface area contributed by atoms with Crippen LogP contribution in [0.15, 0.2) is 29.2 Å². The molecule has 0 aromatic heterocycles. The van der Waals surface area contributed by atoms with Gasteiger partial charge in [0.25, 0.3) is 0 Å². The molecule has 0 heterocycles. The van der Waals surface area contributed by atoms with Crippen molar-refractivity contribution >= 4 is 20.0 Å². The second kappa shape index (κ2) is 6.33. The molecule has 0 aliphatic heterocycles. The molecule has 0 saturated carbocycles. The van der Waals surface area contributed by atoms with E-state index < -0.39 is 8.77 Å². The van der Waals surface area contributed by atoms with E-state index in [0.717, 1.165) is 24.8 Å². The number of hydrogen-bond acceptors (Lipinski definition) is 3. The third-order valence-corrected chi connectivity index (χ3v) is 4.65. The predicted octanol–water partition coefficient (Wildman–Crippen LogP) is 3.22. The van der Waals surface area contributed by atoms with Crippen LogP contribution in [0.4, 0.5) is 0 Å². The van der Waals surface area contributed by atoms with E-state index in [4.69, 9.17) is 15.4 Å². The van der Waals surface area contributed by atoms with Crippen LogP contribution in [-0.2, 0) is 24.1 Å². The van der Waals surface area contributed by atoms with E-state index in [9.17, 15) is 4.21 Å². The van der Waals surface area contributed by atoms with E-state index in [-0.39, 0.29) is 0 Å². The molecule has 0 spiro atoms. The molecule has 0 amide bonds. The Bertz CT molecular complexity index is 424. The Morgan fingerprint density at radius 1 is 1.31 bits per heavy atom. The highest BCUT2D eigenvalue weighted by atomic mass is 32.8. The Morgan fingerprint density at radius 2 is 2.00 bits per heavy atom. The summed E-state index contributed by atoms with van der Waals surface area (Å²) in [6, 6.07) is 7.42. The Morgan fingerprint density at radius 3 is 2.62 bits per heavy atom. The largest absolute Gasteiger partial charge is 0.286 e. The highest BCUT2D eigenvalue weighted by Crippen LogP contribution is 2.17. The van der Waals surface area contributed by atoms with Crippen LogP contribution in [-0.4, -0.2) is 10.8 Å². The summed E-state index contributed by atoms with van der Waals surface area (Å²) in [6.45, 7) is 4.49. The van der Waals surface area contributed by atoms with Crippen molar-refractivity contribution in [2.45, 2.75) is 38.0 Å². The fourth-order valence-corrected chi connectivity index (χ4v) is 3.36. The van der Waals surface area contributed by atoms with Crippen LogP contribution in [0.1, 0.15) is 31.7 Å². The quantitative estimate of drug-likeness (QED) is 0.733. The summed E-state index contributed by atoms with van der Waals surface area (Å²) in [4.78, 5) is 0.640. The Balaban J connectivity index is 2.68. The topological polar surface area (TPSA) is 26.3 Å². The minimum Gasteiger partial charge on any atom is -0.286 e. The third-order valence-electron chi connectivity index (χ3n) is 2.35. The van der Waals surface area contributed by atoms with Gasteiger partial charge in [0.2, 0.25) is 0 Å². The molecule has 1 unspecified atom stereocenters. The van der Waals surface area contributed by atoms with Crippen molar-refractivity contribution in [2.75, 3.05) is 6.61 Å². The second-order valence-electron chi connectivity index (χ2n) is 3.75. The molecule has 0 N–H and O–H groups in total. The van der Waals surface area contributed by atoms with E-state index in [1.54, 1.807) is 6.07 Å². The van der Waals surface area contributed by atoms with Gasteiger partial charge in [-0.1, -0.05) is 38.0 Å². The summed E-state index contributed by atoms with van der Waals surface area (Å²) in [6.07, 6.45) is 3.11. The molecule has 2 nitrogen and oxygen atoms in total. The van der Waals surface area contributed by atoms with E-state index in [1.165, 1.54) is 0 Å². The lowest BCUT2D eigenvalue weighted by Gasteiger charge is -2.10. The summed E-state index contributed by atoms with van der Waals surface area (Å²) >= 11 is 5.05. The lowest BCUT2D eigenvalue weighted by atomic mass is 10.2. The average Bonchev–Trinajstić information content (AvgIpc) is 2.25. The monoisotopic (exact) mass is 258 g/mol. The van der Waals surface area contributed by atoms with Crippen LogP contribution < -0.4 is 0 Å². The van der Waals surface area contributed by atoms with Crippen LogP contribution in [0.2, 0.25) is 0 Å². The Kier molecular flexibility index (Phi) is 5.38. The summed E-state index contributed by atoms with van der Waals surface area (Å²) in [5.74, 6) is 0. The average molecular weight is 258 g/mol. The number of unbranched alkanes of at least 4 members (excludes halogenated alkanes) is 2. The summed E-state index contributed by atoms with van der Waals surface area (Å²) < 4.78 is 17.5. The van der Waals surface area contributed by atoms with E-state index in [2.05, 4.69) is 6.92 Å². The van der Waals surface area contributed by atoms with Crippen LogP contribution in [0.3, 0.4) is 0 Å². The van der Waals surface area contributed by atoms with Gasteiger partial charge in [-0.05, 0) is 25.0 Å². The maximum atomic E-state index is 12.2. The Hall–Kier alpha value is -0.450. The molecule has 0 fully saturated rings. The zero-order valence-corrected chi connectivity index (χ0v) is 11.4. The molecule has 90 valence electrons. The lowest BCUT2D eigenvalue weighted by Crippen LogP contribution is -2.07. The molecule has 4 heteroatoms. The molecule has 1 aromatic rings. The molecule has 1 atom stereocenters. The van der Waals surface area contributed by atoms with Crippen LogP contribution in [0.25, 0.3) is 0 Å². The van der Waals surface area contributed by atoms with E-state index >= 15 is 0 Å². The lowest BCUT2D eigenvalue weighted by molar-refractivity contribution is 0.333. The summed E-state index contributed by atoms with van der Waals surface area (Å²) in [5, 5.41) is 0. The first-order chi connectivity index (χ1) is 7.58. The van der Waals surface area contributed by atoms with Gasteiger partial charge in [-0.3, -0.25) is 4.18 Å². The second-order valence-corrected chi connectivity index (χ2v) is 6.65. The molecular formula is C12H18O2S2. The van der Waals surface area contributed by atoms with Crippen LogP contribution in [0, 0.1) is 6.92 Å². The van der Waals surface area contributed by atoms with Crippen molar-refractivity contribution < 1.29 is 8.39 Å². The van der Waals surface area contributed by atoms with Crippen molar-refractivity contribution in [2.24, 2.45) is 0 Å². The fraction of sp³-hybridized carbons (Fsp3) is 0.500. The van der Waals surface area contributed by atoms with Gasteiger partial charge in [-0.2, -0.15) is 0 Å². The van der Waals surface area contributed by atoms with Gasteiger partial charge in [-0.25, -0.2) is 4.21 Å². The number of benzene rings is 1. The molecular weight excluding hydrogens is 240 g/mol. The first-order valence-electron chi connectivity index (χ1n) is 5.53. The number of aryl methyl sites for hydroxylation is 1. The van der Waals surface area contributed by atoms with E-state index in [0.29, 0.717) is 11.5 Å². The molecule has 1 aromatic carbocycles. The van der Waals surface area contributed by atoms with Gasteiger partial charge in [0.1, 0.15) is 0 Å². The van der Waals surface area contributed by atoms with Crippen molar-refractivity contribution in [3.8, 4) is 0 Å². The minimum absolute atomic E-state index is 0.477. The highest BCUT2D eigenvalue weighted by molar-refractivity contribution is 8.30. The van der Waals surface area contributed by atoms with Crippen molar-refractivity contribution in [1.29, 1.82) is 0 Å². The summed E-state index contributed by atoms with van der Waals surface area (Å²) in [5.41, 5.74) is 0.929. The van der Waals surface area contributed by atoms with Gasteiger partial charge in [0.05, 0.1) is 11.5 Å². The molecule has 1 rings (SSSR count). The number of hydrogen-bond donors (Lipinski definition) is 0. The van der Waals surface area contributed by atoms with Crippen molar-refractivity contribution in [1.82, 2.24) is 0 Å². The highest BCUT2D eigenvalue weighted by Gasteiger charge is 2.12. The third kappa shape index (κ3) is 3.85. The molecule has 16 heavy (non-hydrogen) atoms. The number of rotatable bonds is 6. The maximum absolute atomic E-state index is 12.2. The standard InChI is InChI=1S/C12H18O2S2/c1-3-4-7-10-14-16(13,15)12-9-6-5-8-11(12)2/h5-6,8-9H,3-4,7,10H2,1-2H3. The van der Waals surface area contributed by atoms with Gasteiger partial charge >= 0.3 is 0 Å². The first-order valence-corrected chi connectivity index (χ1v) is 7.94. The zero-order chi connectivity index (χ0) is 12.0. The van der Waals surface area contributed by atoms with Gasteiger partial charge in [-0.15, -0.1) is 0 Å². The fourth-order valence-electron chi connectivity index (χ4n) is 1.42. The van der Waals surface area contributed by atoms with Crippen molar-refractivity contribution in [3.05, 3.63) is 29.8 Å². The molecule has 0 aliphatic carbocycles. The maximum Gasteiger partial charge on any atom is 0.173 e. The van der Waals surface area contributed by atoms with Gasteiger partial charge in [0.15, 0.2) is 8.77 Å². The SMILES string of the molecule is CCCCCOS(=O)(=S)c1ccccc1C. The Labute approximate surface area is 103 Å². The van der Waals surface area contributed by atoms with Crippen LogP contribution in [0.5, 0.6) is 0 Å².